The van der Waals surface area contributed by atoms with Gasteiger partial charge in [0.05, 0.1) is 5.60 Å². The molecule has 156 valence electrons. The van der Waals surface area contributed by atoms with Gasteiger partial charge < -0.3 is 19.5 Å². The summed E-state index contributed by atoms with van der Waals surface area (Å²) in [5, 5.41) is 11.3. The molecule has 1 aromatic rings. The minimum absolute atomic E-state index is 0.0886. The second-order valence-electron chi connectivity index (χ2n) is 8.92. The largest absolute Gasteiger partial charge is 0.444 e. The van der Waals surface area contributed by atoms with Crippen LogP contribution in [0.4, 0.5) is 13.6 Å². The number of alkyl halides is 2. The van der Waals surface area contributed by atoms with Crippen molar-refractivity contribution in [3.63, 3.8) is 0 Å². The molecule has 1 aromatic carbocycles. The molecule has 2 saturated heterocycles. The quantitative estimate of drug-likeness (QED) is 0.812. The van der Waals surface area contributed by atoms with E-state index in [1.165, 1.54) is 6.07 Å². The van der Waals surface area contributed by atoms with Crippen LogP contribution in [-0.2, 0) is 11.2 Å². The standard InChI is InChI=1S/C21H29F2NO4/c1-20(2,3)28-19(25)24-15-8-6-9-16(24)13-21(26,12-15)11-14-7-4-5-10-17(14)27-18(22)23/h4-5,7,10,15-16,18,26H,6,8-9,11-13H2,1-3H3. The zero-order chi connectivity index (χ0) is 20.5. The molecular weight excluding hydrogens is 368 g/mol. The lowest BCUT2D eigenvalue weighted by Gasteiger charge is -2.51. The molecule has 2 aliphatic rings. The molecule has 2 bridgehead atoms. The van der Waals surface area contributed by atoms with Crippen molar-refractivity contribution < 1.29 is 28.2 Å². The number of hydrogen-bond donors (Lipinski definition) is 1. The smallest absolute Gasteiger partial charge is 0.410 e. The molecule has 7 heteroatoms. The van der Waals surface area contributed by atoms with Gasteiger partial charge in [-0.05, 0) is 64.5 Å². The molecule has 0 saturated carbocycles. The van der Waals surface area contributed by atoms with Gasteiger partial charge in [-0.15, -0.1) is 0 Å². The number of halogens is 2. The maximum Gasteiger partial charge on any atom is 0.410 e. The van der Waals surface area contributed by atoms with Crippen LogP contribution in [-0.4, -0.2) is 46.0 Å². The van der Waals surface area contributed by atoms with E-state index >= 15 is 0 Å². The third kappa shape index (κ3) is 4.93. The number of aliphatic hydroxyl groups is 1. The molecule has 2 fully saturated rings. The van der Waals surface area contributed by atoms with Crippen LogP contribution in [0.5, 0.6) is 5.75 Å². The molecule has 28 heavy (non-hydrogen) atoms. The van der Waals surface area contributed by atoms with Crippen LogP contribution in [0.1, 0.15) is 58.4 Å². The van der Waals surface area contributed by atoms with Crippen molar-refractivity contribution in [3.05, 3.63) is 29.8 Å². The molecule has 0 spiro atoms. The number of amides is 1. The van der Waals surface area contributed by atoms with E-state index in [4.69, 9.17) is 4.74 Å². The lowest BCUT2D eigenvalue weighted by molar-refractivity contribution is -0.0931. The van der Waals surface area contributed by atoms with Crippen LogP contribution in [0.2, 0.25) is 0 Å². The van der Waals surface area contributed by atoms with E-state index in [9.17, 15) is 18.7 Å². The van der Waals surface area contributed by atoms with Crippen molar-refractivity contribution in [2.75, 3.05) is 0 Å². The van der Waals surface area contributed by atoms with Crippen LogP contribution >= 0.6 is 0 Å². The topological polar surface area (TPSA) is 59.0 Å². The molecule has 2 heterocycles. The Morgan fingerprint density at radius 2 is 1.86 bits per heavy atom. The lowest BCUT2D eigenvalue weighted by atomic mass is 9.73. The molecule has 5 nitrogen and oxygen atoms in total. The summed E-state index contributed by atoms with van der Waals surface area (Å²) in [7, 11) is 0. The number of fused-ring (bicyclic) bond motifs is 2. The first-order valence-electron chi connectivity index (χ1n) is 9.83. The zero-order valence-electron chi connectivity index (χ0n) is 16.7. The number of hydrogen-bond acceptors (Lipinski definition) is 4. The molecule has 0 aliphatic carbocycles. The second kappa shape index (κ2) is 7.85. The number of rotatable bonds is 4. The molecule has 1 N–H and O–H groups in total. The highest BCUT2D eigenvalue weighted by Crippen LogP contribution is 2.42. The minimum atomic E-state index is -2.91. The van der Waals surface area contributed by atoms with Crippen molar-refractivity contribution in [2.24, 2.45) is 0 Å². The summed E-state index contributed by atoms with van der Waals surface area (Å²) in [4.78, 5) is 14.5. The Morgan fingerprint density at radius 1 is 1.25 bits per heavy atom. The summed E-state index contributed by atoms with van der Waals surface area (Å²) >= 11 is 0. The Hall–Kier alpha value is -1.89. The van der Waals surface area contributed by atoms with E-state index < -0.39 is 17.8 Å². The number of carbonyl (C=O) groups is 1. The van der Waals surface area contributed by atoms with Gasteiger partial charge in [0.25, 0.3) is 0 Å². The number of ether oxygens (including phenoxy) is 2. The van der Waals surface area contributed by atoms with Gasteiger partial charge in [0.15, 0.2) is 0 Å². The predicted octanol–water partition coefficient (Wildman–Crippen LogP) is 4.51. The van der Waals surface area contributed by atoms with Crippen molar-refractivity contribution in [1.29, 1.82) is 0 Å². The normalized spacial score (nSPS) is 27.6. The number of benzene rings is 1. The lowest BCUT2D eigenvalue weighted by Crippen LogP contribution is -2.61. The first kappa shape index (κ1) is 20.8. The third-order valence-electron chi connectivity index (χ3n) is 5.41. The number of para-hydroxylation sites is 1. The molecule has 1 amide bonds. The van der Waals surface area contributed by atoms with Crippen LogP contribution in [0, 0.1) is 0 Å². The molecule has 3 rings (SSSR count). The van der Waals surface area contributed by atoms with Gasteiger partial charge in [0.1, 0.15) is 11.4 Å². The average Bonchev–Trinajstić information content (AvgIpc) is 2.53. The van der Waals surface area contributed by atoms with Crippen LogP contribution in [0.15, 0.2) is 24.3 Å². The van der Waals surface area contributed by atoms with E-state index in [1.54, 1.807) is 23.1 Å². The van der Waals surface area contributed by atoms with Crippen molar-refractivity contribution in [1.82, 2.24) is 4.90 Å². The van der Waals surface area contributed by atoms with E-state index in [0.717, 1.165) is 19.3 Å². The maximum atomic E-state index is 12.7. The summed E-state index contributed by atoms with van der Waals surface area (Å²) in [6, 6.07) is 6.33. The molecule has 0 aromatic heterocycles. The number of carbonyl (C=O) groups excluding carboxylic acids is 1. The predicted molar refractivity (Wildman–Crippen MR) is 100 cm³/mol. The highest BCUT2D eigenvalue weighted by Gasteiger charge is 2.48. The summed E-state index contributed by atoms with van der Waals surface area (Å²) < 4.78 is 35.6. The highest BCUT2D eigenvalue weighted by atomic mass is 19.3. The maximum absolute atomic E-state index is 12.7. The Kier molecular flexibility index (Phi) is 5.84. The third-order valence-corrected chi connectivity index (χ3v) is 5.41. The Morgan fingerprint density at radius 3 is 2.43 bits per heavy atom. The van der Waals surface area contributed by atoms with Crippen LogP contribution in [0.3, 0.4) is 0 Å². The van der Waals surface area contributed by atoms with Gasteiger partial charge in [0.2, 0.25) is 0 Å². The van der Waals surface area contributed by atoms with E-state index in [2.05, 4.69) is 4.74 Å². The first-order chi connectivity index (χ1) is 13.1. The van der Waals surface area contributed by atoms with Gasteiger partial charge in [-0.3, -0.25) is 0 Å². The van der Waals surface area contributed by atoms with Crippen LogP contribution in [0.25, 0.3) is 0 Å². The van der Waals surface area contributed by atoms with E-state index in [0.29, 0.717) is 18.4 Å². The zero-order valence-corrected chi connectivity index (χ0v) is 16.7. The van der Waals surface area contributed by atoms with Crippen molar-refractivity contribution in [2.45, 2.75) is 89.2 Å². The molecular formula is C21H29F2NO4. The SMILES string of the molecule is CC(C)(C)OC(=O)N1C2CCCC1CC(O)(Cc1ccccc1OC(F)F)C2. The van der Waals surface area contributed by atoms with Crippen molar-refractivity contribution in [3.8, 4) is 5.75 Å². The van der Waals surface area contributed by atoms with Gasteiger partial charge >= 0.3 is 12.7 Å². The number of piperidine rings is 2. The average molecular weight is 397 g/mol. The van der Waals surface area contributed by atoms with E-state index in [1.807, 2.05) is 20.8 Å². The minimum Gasteiger partial charge on any atom is -0.444 e. The van der Waals surface area contributed by atoms with E-state index in [-0.39, 0.29) is 30.3 Å². The Balaban J connectivity index is 1.77. The first-order valence-corrected chi connectivity index (χ1v) is 9.83. The summed E-state index contributed by atoms with van der Waals surface area (Å²) in [5.41, 5.74) is -1.10. The Labute approximate surface area is 164 Å². The van der Waals surface area contributed by atoms with Gasteiger partial charge in [-0.2, -0.15) is 8.78 Å². The summed E-state index contributed by atoms with van der Waals surface area (Å²) in [6.07, 6.45) is 3.25. The summed E-state index contributed by atoms with van der Waals surface area (Å²) in [5.74, 6) is 0.0886. The monoisotopic (exact) mass is 397 g/mol. The highest BCUT2D eigenvalue weighted by molar-refractivity contribution is 5.69. The fourth-order valence-corrected chi connectivity index (χ4v) is 4.50. The molecule has 2 unspecified atom stereocenters. The molecule has 2 atom stereocenters. The summed E-state index contributed by atoms with van der Waals surface area (Å²) in [6.45, 7) is 2.59. The fourth-order valence-electron chi connectivity index (χ4n) is 4.50. The van der Waals surface area contributed by atoms with Gasteiger partial charge in [-0.1, -0.05) is 18.2 Å². The number of nitrogens with zero attached hydrogens (tertiary/aromatic N) is 1. The van der Waals surface area contributed by atoms with Crippen LogP contribution < -0.4 is 4.74 Å². The Bertz CT molecular complexity index is 690. The second-order valence-corrected chi connectivity index (χ2v) is 8.92. The molecule has 2 aliphatic heterocycles. The fraction of sp³-hybridized carbons (Fsp3) is 0.667. The van der Waals surface area contributed by atoms with Gasteiger partial charge in [-0.25, -0.2) is 4.79 Å². The van der Waals surface area contributed by atoms with Gasteiger partial charge in [0, 0.05) is 18.5 Å². The van der Waals surface area contributed by atoms with Crippen molar-refractivity contribution >= 4 is 6.09 Å². The molecule has 0 radical (unpaired) electrons.